The number of rotatable bonds is 3. The second kappa shape index (κ2) is 5.23. The standard InChI is InChI=1S/C14H14N2O2/c1-10-4-5-11(9-13(10)15)16-14(17)7-6-12-3-2-8-18-12/h2-9H,15H2,1H3,(H,16,17)/b7-6+. The molecule has 0 aliphatic carbocycles. The monoisotopic (exact) mass is 242 g/mol. The van der Waals surface area contributed by atoms with E-state index in [0.717, 1.165) is 5.56 Å². The maximum atomic E-state index is 11.6. The van der Waals surface area contributed by atoms with Crippen LogP contribution in [0.25, 0.3) is 6.08 Å². The van der Waals surface area contributed by atoms with Gasteiger partial charge in [0.25, 0.3) is 0 Å². The molecule has 0 aliphatic heterocycles. The van der Waals surface area contributed by atoms with Crippen molar-refractivity contribution < 1.29 is 9.21 Å². The molecule has 4 heteroatoms. The minimum absolute atomic E-state index is 0.227. The van der Waals surface area contributed by atoms with Crippen LogP contribution in [0, 0.1) is 6.92 Å². The number of aryl methyl sites for hydroxylation is 1. The normalized spacial score (nSPS) is 10.7. The molecule has 0 fully saturated rings. The number of nitrogen functional groups attached to an aromatic ring is 1. The zero-order chi connectivity index (χ0) is 13.0. The first-order chi connectivity index (χ1) is 8.65. The van der Waals surface area contributed by atoms with Gasteiger partial charge in [0, 0.05) is 17.5 Å². The zero-order valence-electron chi connectivity index (χ0n) is 10.0. The Balaban J connectivity index is 2.01. The minimum atomic E-state index is -0.227. The van der Waals surface area contributed by atoms with Crippen LogP contribution < -0.4 is 11.1 Å². The van der Waals surface area contributed by atoms with Gasteiger partial charge in [0.1, 0.15) is 5.76 Å². The van der Waals surface area contributed by atoms with Crippen LogP contribution in [0.15, 0.2) is 47.1 Å². The summed E-state index contributed by atoms with van der Waals surface area (Å²) < 4.78 is 5.08. The molecule has 3 N–H and O–H groups in total. The van der Waals surface area contributed by atoms with Crippen molar-refractivity contribution >= 4 is 23.4 Å². The Hall–Kier alpha value is -2.49. The number of amides is 1. The Kier molecular flexibility index (Phi) is 3.48. The summed E-state index contributed by atoms with van der Waals surface area (Å²) in [5.41, 5.74) is 8.08. The molecule has 0 saturated heterocycles. The highest BCUT2D eigenvalue weighted by atomic mass is 16.3. The van der Waals surface area contributed by atoms with Gasteiger partial charge in [-0.15, -0.1) is 0 Å². The first-order valence-electron chi connectivity index (χ1n) is 5.54. The van der Waals surface area contributed by atoms with E-state index in [9.17, 15) is 4.79 Å². The van der Waals surface area contributed by atoms with E-state index in [-0.39, 0.29) is 5.91 Å². The molecule has 18 heavy (non-hydrogen) atoms. The number of furan rings is 1. The maximum absolute atomic E-state index is 11.6. The number of anilines is 2. The van der Waals surface area contributed by atoms with Gasteiger partial charge in [-0.05, 0) is 42.8 Å². The van der Waals surface area contributed by atoms with E-state index in [4.69, 9.17) is 10.2 Å². The lowest BCUT2D eigenvalue weighted by molar-refractivity contribution is -0.111. The van der Waals surface area contributed by atoms with Crippen LogP contribution in [-0.2, 0) is 4.79 Å². The maximum Gasteiger partial charge on any atom is 0.248 e. The van der Waals surface area contributed by atoms with Gasteiger partial charge in [-0.25, -0.2) is 0 Å². The quantitative estimate of drug-likeness (QED) is 0.642. The Morgan fingerprint density at radius 1 is 1.39 bits per heavy atom. The van der Waals surface area contributed by atoms with Gasteiger partial charge in [-0.2, -0.15) is 0 Å². The smallest absolute Gasteiger partial charge is 0.248 e. The molecule has 1 heterocycles. The summed E-state index contributed by atoms with van der Waals surface area (Å²) in [6, 6.07) is 8.94. The Morgan fingerprint density at radius 2 is 2.22 bits per heavy atom. The second-order valence-electron chi connectivity index (χ2n) is 3.91. The van der Waals surface area contributed by atoms with Crippen LogP contribution in [-0.4, -0.2) is 5.91 Å². The lowest BCUT2D eigenvalue weighted by Gasteiger charge is -2.05. The summed E-state index contributed by atoms with van der Waals surface area (Å²) in [6.45, 7) is 1.91. The van der Waals surface area contributed by atoms with E-state index in [0.29, 0.717) is 17.1 Å². The summed E-state index contributed by atoms with van der Waals surface area (Å²) in [5.74, 6) is 0.406. The number of benzene rings is 1. The first-order valence-corrected chi connectivity index (χ1v) is 5.54. The van der Waals surface area contributed by atoms with Gasteiger partial charge in [0.05, 0.1) is 6.26 Å². The van der Waals surface area contributed by atoms with Crippen molar-refractivity contribution in [3.8, 4) is 0 Å². The van der Waals surface area contributed by atoms with E-state index < -0.39 is 0 Å². The summed E-state index contributed by atoms with van der Waals surface area (Å²) in [4.78, 5) is 11.6. The van der Waals surface area contributed by atoms with E-state index >= 15 is 0 Å². The lowest BCUT2D eigenvalue weighted by atomic mass is 10.2. The molecule has 92 valence electrons. The van der Waals surface area contributed by atoms with Gasteiger partial charge in [-0.1, -0.05) is 6.07 Å². The summed E-state index contributed by atoms with van der Waals surface area (Å²) in [7, 11) is 0. The molecule has 0 atom stereocenters. The van der Waals surface area contributed by atoms with Crippen LogP contribution in [0.1, 0.15) is 11.3 Å². The number of carbonyl (C=O) groups is 1. The van der Waals surface area contributed by atoms with Crippen LogP contribution in [0.3, 0.4) is 0 Å². The SMILES string of the molecule is Cc1ccc(NC(=O)/C=C/c2ccco2)cc1N. The lowest BCUT2D eigenvalue weighted by Crippen LogP contribution is -2.08. The molecule has 1 aromatic carbocycles. The third-order valence-electron chi connectivity index (χ3n) is 2.49. The molecule has 0 unspecified atom stereocenters. The van der Waals surface area contributed by atoms with Crippen molar-refractivity contribution in [2.75, 3.05) is 11.1 Å². The van der Waals surface area contributed by atoms with Gasteiger partial charge in [-0.3, -0.25) is 4.79 Å². The molecule has 4 nitrogen and oxygen atoms in total. The molecule has 0 bridgehead atoms. The molecule has 1 aromatic heterocycles. The van der Waals surface area contributed by atoms with Crippen molar-refractivity contribution in [2.45, 2.75) is 6.92 Å². The van der Waals surface area contributed by atoms with Crippen molar-refractivity contribution in [3.63, 3.8) is 0 Å². The van der Waals surface area contributed by atoms with Gasteiger partial charge < -0.3 is 15.5 Å². The molecule has 1 amide bonds. The molecule has 0 spiro atoms. The largest absolute Gasteiger partial charge is 0.465 e. The van der Waals surface area contributed by atoms with Gasteiger partial charge >= 0.3 is 0 Å². The summed E-state index contributed by atoms with van der Waals surface area (Å²) in [5, 5.41) is 2.72. The van der Waals surface area contributed by atoms with Gasteiger partial charge in [0.2, 0.25) is 5.91 Å². The van der Waals surface area contributed by atoms with Crippen LogP contribution in [0.2, 0.25) is 0 Å². The molecule has 2 aromatic rings. The zero-order valence-corrected chi connectivity index (χ0v) is 10.0. The third kappa shape index (κ3) is 3.01. The molecular weight excluding hydrogens is 228 g/mol. The van der Waals surface area contributed by atoms with Crippen molar-refractivity contribution in [1.82, 2.24) is 0 Å². The summed E-state index contributed by atoms with van der Waals surface area (Å²) >= 11 is 0. The average Bonchev–Trinajstić information content (AvgIpc) is 2.84. The number of nitrogens with two attached hydrogens (primary N) is 1. The van der Waals surface area contributed by atoms with E-state index in [1.165, 1.54) is 6.08 Å². The fraction of sp³-hybridized carbons (Fsp3) is 0.0714. The molecule has 2 rings (SSSR count). The van der Waals surface area contributed by atoms with Gasteiger partial charge in [0.15, 0.2) is 0 Å². The van der Waals surface area contributed by atoms with Crippen LogP contribution in [0.4, 0.5) is 11.4 Å². The third-order valence-corrected chi connectivity index (χ3v) is 2.49. The predicted molar refractivity (Wildman–Crippen MR) is 72.0 cm³/mol. The van der Waals surface area contributed by atoms with E-state index in [1.807, 2.05) is 19.1 Å². The van der Waals surface area contributed by atoms with Crippen molar-refractivity contribution in [1.29, 1.82) is 0 Å². The highest BCUT2D eigenvalue weighted by Gasteiger charge is 2.00. The topological polar surface area (TPSA) is 68.3 Å². The van der Waals surface area contributed by atoms with Crippen molar-refractivity contribution in [2.24, 2.45) is 0 Å². The molecular formula is C14H14N2O2. The predicted octanol–water partition coefficient (Wildman–Crippen LogP) is 2.82. The van der Waals surface area contributed by atoms with Crippen LogP contribution >= 0.6 is 0 Å². The fourth-order valence-electron chi connectivity index (χ4n) is 1.45. The number of carbonyl (C=O) groups excluding carboxylic acids is 1. The van der Waals surface area contributed by atoms with Crippen molar-refractivity contribution in [3.05, 3.63) is 54.0 Å². The van der Waals surface area contributed by atoms with E-state index in [2.05, 4.69) is 5.32 Å². The average molecular weight is 242 g/mol. The summed E-state index contributed by atoms with van der Waals surface area (Å²) in [6.07, 6.45) is 4.57. The highest BCUT2D eigenvalue weighted by molar-refractivity contribution is 6.02. The number of hydrogen-bond donors (Lipinski definition) is 2. The second-order valence-corrected chi connectivity index (χ2v) is 3.91. The molecule has 0 aliphatic rings. The highest BCUT2D eigenvalue weighted by Crippen LogP contribution is 2.16. The molecule has 0 saturated carbocycles. The minimum Gasteiger partial charge on any atom is -0.465 e. The Bertz CT molecular complexity index is 571. The van der Waals surface area contributed by atoms with E-state index in [1.54, 1.807) is 30.5 Å². The van der Waals surface area contributed by atoms with Crippen LogP contribution in [0.5, 0.6) is 0 Å². The Morgan fingerprint density at radius 3 is 2.89 bits per heavy atom. The Labute approximate surface area is 105 Å². The number of hydrogen-bond acceptors (Lipinski definition) is 3. The number of nitrogens with one attached hydrogen (secondary N) is 1. The molecule has 0 radical (unpaired) electrons. The first kappa shape index (κ1) is 12.0. The fourth-order valence-corrected chi connectivity index (χ4v) is 1.45.